The van der Waals surface area contributed by atoms with E-state index in [4.69, 9.17) is 11.6 Å². The van der Waals surface area contributed by atoms with Gasteiger partial charge in [0.15, 0.2) is 0 Å². The minimum atomic E-state index is -3.11. The Morgan fingerprint density at radius 2 is 1.89 bits per heavy atom. The third-order valence-corrected chi connectivity index (χ3v) is 5.18. The van der Waals surface area contributed by atoms with Crippen molar-refractivity contribution in [3.8, 4) is 0 Å². The summed E-state index contributed by atoms with van der Waals surface area (Å²) in [5.41, 5.74) is -0.588. The zero-order valence-corrected chi connectivity index (χ0v) is 12.6. The van der Waals surface area contributed by atoms with Crippen LogP contribution in [-0.4, -0.2) is 49.9 Å². The Hall–Kier alpha value is -0.330. The lowest BCUT2D eigenvalue weighted by atomic mass is 9.94. The molecule has 0 bridgehead atoms. The van der Waals surface area contributed by atoms with E-state index >= 15 is 0 Å². The first-order valence-corrected chi connectivity index (χ1v) is 8.37. The summed E-state index contributed by atoms with van der Waals surface area (Å²) in [6.07, 6.45) is 2.51. The van der Waals surface area contributed by atoms with Crippen LogP contribution in [-0.2, 0) is 14.8 Å². The lowest BCUT2D eigenvalue weighted by Crippen LogP contribution is -2.49. The molecule has 0 aromatic heterocycles. The molecule has 0 aliphatic carbocycles. The summed E-state index contributed by atoms with van der Waals surface area (Å²) >= 11 is 5.74. The standard InChI is InChI=1S/C11H21ClN2O3S/c1-11(2,8-12)10(15)13-9-4-6-14(7-5-9)18(3,16)17/h9H,4-8H2,1-3H3,(H,13,15). The van der Waals surface area contributed by atoms with Crippen LogP contribution < -0.4 is 5.32 Å². The van der Waals surface area contributed by atoms with E-state index in [1.807, 2.05) is 0 Å². The molecule has 1 N–H and O–H groups in total. The van der Waals surface area contributed by atoms with E-state index in [1.165, 1.54) is 10.6 Å². The van der Waals surface area contributed by atoms with Crippen LogP contribution in [0.1, 0.15) is 26.7 Å². The predicted octanol–water partition coefficient (Wildman–Crippen LogP) is 0.792. The van der Waals surface area contributed by atoms with Crippen molar-refractivity contribution in [2.75, 3.05) is 25.2 Å². The van der Waals surface area contributed by atoms with Crippen LogP contribution >= 0.6 is 11.6 Å². The minimum Gasteiger partial charge on any atom is -0.353 e. The molecule has 1 heterocycles. The number of hydrogen-bond donors (Lipinski definition) is 1. The van der Waals surface area contributed by atoms with Gasteiger partial charge in [0.2, 0.25) is 15.9 Å². The van der Waals surface area contributed by atoms with Gasteiger partial charge in [-0.2, -0.15) is 0 Å². The number of carbonyl (C=O) groups is 1. The summed E-state index contributed by atoms with van der Waals surface area (Å²) in [5, 5.41) is 2.94. The van der Waals surface area contributed by atoms with Crippen molar-refractivity contribution < 1.29 is 13.2 Å². The molecule has 5 nitrogen and oxygen atoms in total. The van der Waals surface area contributed by atoms with Crippen LogP contribution in [0, 0.1) is 5.41 Å². The lowest BCUT2D eigenvalue weighted by Gasteiger charge is -2.32. The Kier molecular flexibility index (Phi) is 5.03. The maximum Gasteiger partial charge on any atom is 0.227 e. The largest absolute Gasteiger partial charge is 0.353 e. The highest BCUT2D eigenvalue weighted by Crippen LogP contribution is 2.19. The second-order valence-electron chi connectivity index (χ2n) is 5.43. The van der Waals surface area contributed by atoms with E-state index in [0.29, 0.717) is 25.9 Å². The molecule has 0 unspecified atom stereocenters. The monoisotopic (exact) mass is 296 g/mol. The molecule has 1 saturated heterocycles. The third-order valence-electron chi connectivity index (χ3n) is 3.21. The fraction of sp³-hybridized carbons (Fsp3) is 0.909. The van der Waals surface area contributed by atoms with Crippen molar-refractivity contribution in [3.05, 3.63) is 0 Å². The van der Waals surface area contributed by atoms with E-state index < -0.39 is 15.4 Å². The lowest BCUT2D eigenvalue weighted by molar-refractivity contribution is -0.129. The third kappa shape index (κ3) is 4.10. The number of amides is 1. The molecule has 1 fully saturated rings. The van der Waals surface area contributed by atoms with Crippen LogP contribution in [0.4, 0.5) is 0 Å². The summed E-state index contributed by atoms with van der Waals surface area (Å²) in [7, 11) is -3.11. The molecule has 0 spiro atoms. The van der Waals surface area contributed by atoms with Gasteiger partial charge in [0, 0.05) is 25.0 Å². The Morgan fingerprint density at radius 1 is 1.39 bits per heavy atom. The summed E-state index contributed by atoms with van der Waals surface area (Å²) in [4.78, 5) is 11.9. The molecule has 1 amide bonds. The molecule has 0 aromatic carbocycles. The second-order valence-corrected chi connectivity index (χ2v) is 7.68. The fourth-order valence-electron chi connectivity index (χ4n) is 1.77. The molecule has 0 saturated carbocycles. The number of rotatable bonds is 4. The van der Waals surface area contributed by atoms with Crippen LogP contribution in [0.2, 0.25) is 0 Å². The summed E-state index contributed by atoms with van der Waals surface area (Å²) in [6, 6.07) is 0.0398. The number of alkyl halides is 1. The second kappa shape index (κ2) is 5.75. The van der Waals surface area contributed by atoms with Crippen LogP contribution in [0.3, 0.4) is 0 Å². The average Bonchev–Trinajstić information content (AvgIpc) is 2.28. The molecule has 7 heteroatoms. The topological polar surface area (TPSA) is 66.5 Å². The molecular weight excluding hydrogens is 276 g/mol. The quantitative estimate of drug-likeness (QED) is 0.780. The Morgan fingerprint density at radius 3 is 2.28 bits per heavy atom. The van der Waals surface area contributed by atoms with E-state index in [1.54, 1.807) is 13.8 Å². The number of nitrogens with zero attached hydrogens (tertiary/aromatic N) is 1. The summed E-state index contributed by atoms with van der Waals surface area (Å²) in [6.45, 7) is 4.51. The van der Waals surface area contributed by atoms with Crippen molar-refractivity contribution in [1.29, 1.82) is 0 Å². The number of nitrogens with one attached hydrogen (secondary N) is 1. The average molecular weight is 297 g/mol. The van der Waals surface area contributed by atoms with Gasteiger partial charge < -0.3 is 5.32 Å². The molecule has 106 valence electrons. The highest BCUT2D eigenvalue weighted by Gasteiger charge is 2.31. The van der Waals surface area contributed by atoms with E-state index in [9.17, 15) is 13.2 Å². The molecule has 0 aromatic rings. The molecule has 1 rings (SSSR count). The molecule has 0 radical (unpaired) electrons. The SMILES string of the molecule is CC(C)(CCl)C(=O)NC1CCN(S(C)(=O)=O)CC1. The highest BCUT2D eigenvalue weighted by molar-refractivity contribution is 7.88. The van der Waals surface area contributed by atoms with Crippen LogP contribution in [0.5, 0.6) is 0 Å². The van der Waals surface area contributed by atoms with Crippen molar-refractivity contribution in [2.45, 2.75) is 32.7 Å². The Bertz CT molecular complexity index is 401. The Labute approximate surface area is 114 Å². The first-order chi connectivity index (χ1) is 8.16. The molecule has 18 heavy (non-hydrogen) atoms. The van der Waals surface area contributed by atoms with Gasteiger partial charge >= 0.3 is 0 Å². The van der Waals surface area contributed by atoms with E-state index in [-0.39, 0.29) is 17.8 Å². The minimum absolute atomic E-state index is 0.0398. The summed E-state index contributed by atoms with van der Waals surface area (Å²) < 4.78 is 24.1. The highest BCUT2D eigenvalue weighted by atomic mass is 35.5. The van der Waals surface area contributed by atoms with E-state index in [0.717, 1.165) is 0 Å². The normalized spacial score (nSPS) is 19.8. The first kappa shape index (κ1) is 15.7. The number of carbonyl (C=O) groups excluding carboxylic acids is 1. The maximum absolute atomic E-state index is 11.9. The predicted molar refractivity (Wildman–Crippen MR) is 72.1 cm³/mol. The van der Waals surface area contributed by atoms with Gasteiger partial charge in [-0.05, 0) is 26.7 Å². The fourth-order valence-corrected chi connectivity index (χ4v) is 2.77. The van der Waals surface area contributed by atoms with E-state index in [2.05, 4.69) is 5.32 Å². The van der Waals surface area contributed by atoms with Gasteiger partial charge in [-0.3, -0.25) is 4.79 Å². The van der Waals surface area contributed by atoms with Crippen LogP contribution in [0.25, 0.3) is 0 Å². The molecular formula is C11H21ClN2O3S. The zero-order valence-electron chi connectivity index (χ0n) is 11.1. The number of hydrogen-bond acceptors (Lipinski definition) is 3. The van der Waals surface area contributed by atoms with Gasteiger partial charge in [0.1, 0.15) is 0 Å². The van der Waals surface area contributed by atoms with Gasteiger partial charge in [-0.25, -0.2) is 12.7 Å². The smallest absolute Gasteiger partial charge is 0.227 e. The zero-order chi connectivity index (χ0) is 14.0. The van der Waals surface area contributed by atoms with Crippen LogP contribution in [0.15, 0.2) is 0 Å². The molecule has 1 aliphatic rings. The number of sulfonamides is 1. The van der Waals surface area contributed by atoms with Crippen molar-refractivity contribution in [2.24, 2.45) is 5.41 Å². The first-order valence-electron chi connectivity index (χ1n) is 5.99. The van der Waals surface area contributed by atoms with Crippen molar-refractivity contribution >= 4 is 27.5 Å². The van der Waals surface area contributed by atoms with Crippen molar-refractivity contribution in [1.82, 2.24) is 9.62 Å². The van der Waals surface area contributed by atoms with Gasteiger partial charge in [0.05, 0.1) is 11.7 Å². The Balaban J connectivity index is 2.48. The van der Waals surface area contributed by atoms with Gasteiger partial charge in [-0.15, -0.1) is 11.6 Å². The number of halogens is 1. The van der Waals surface area contributed by atoms with Crippen molar-refractivity contribution in [3.63, 3.8) is 0 Å². The van der Waals surface area contributed by atoms with Gasteiger partial charge in [0.25, 0.3) is 0 Å². The molecule has 1 aliphatic heterocycles. The van der Waals surface area contributed by atoms with Gasteiger partial charge in [-0.1, -0.05) is 0 Å². The number of piperidine rings is 1. The maximum atomic E-state index is 11.9. The molecule has 0 atom stereocenters. The summed E-state index contributed by atoms with van der Waals surface area (Å²) in [5.74, 6) is 0.191.